The van der Waals surface area contributed by atoms with Crippen LogP contribution in [0.1, 0.15) is 18.4 Å². The third kappa shape index (κ3) is 2.18. The van der Waals surface area contributed by atoms with Crippen molar-refractivity contribution in [3.8, 4) is 0 Å². The Labute approximate surface area is 116 Å². The summed E-state index contributed by atoms with van der Waals surface area (Å²) < 4.78 is 14.7. The molecule has 2 aromatic rings. The van der Waals surface area contributed by atoms with Gasteiger partial charge < -0.3 is 10.4 Å². The van der Waals surface area contributed by atoms with Crippen molar-refractivity contribution in [1.29, 1.82) is 0 Å². The molecule has 1 aliphatic rings. The lowest BCUT2D eigenvalue weighted by Crippen LogP contribution is -2.50. The number of rotatable bonds is 5. The number of alkyl halides is 1. The van der Waals surface area contributed by atoms with Gasteiger partial charge in [0.25, 0.3) is 0 Å². The van der Waals surface area contributed by atoms with Gasteiger partial charge in [-0.2, -0.15) is 0 Å². The zero-order valence-electron chi connectivity index (χ0n) is 10.9. The third-order valence-corrected chi connectivity index (χ3v) is 4.96. The lowest BCUT2D eigenvalue weighted by Gasteiger charge is -2.34. The van der Waals surface area contributed by atoms with Crippen molar-refractivity contribution in [2.45, 2.75) is 24.5 Å². The van der Waals surface area contributed by atoms with E-state index in [4.69, 9.17) is 0 Å². The zero-order valence-corrected chi connectivity index (χ0v) is 11.7. The molecule has 2 unspecified atom stereocenters. The minimum atomic E-state index is -1.42. The van der Waals surface area contributed by atoms with Gasteiger partial charge in [0.2, 0.25) is 0 Å². The van der Waals surface area contributed by atoms with Crippen molar-refractivity contribution in [2.24, 2.45) is 5.92 Å². The summed E-state index contributed by atoms with van der Waals surface area (Å²) in [6.07, 6.45) is 2.13. The molecule has 1 saturated carbocycles. The summed E-state index contributed by atoms with van der Waals surface area (Å²) in [5.41, 5.74) is -0.745. The molecule has 1 heterocycles. The number of hydrogen-bond donors (Lipinski definition) is 2. The molecule has 0 amide bonds. The predicted octanol–water partition coefficient (Wildman–Crippen LogP) is 3.06. The van der Waals surface area contributed by atoms with Crippen LogP contribution in [0.5, 0.6) is 0 Å². The van der Waals surface area contributed by atoms with Crippen LogP contribution in [0.2, 0.25) is 0 Å². The molecule has 0 aliphatic heterocycles. The number of benzene rings is 1. The maximum atomic E-state index is 13.6. The van der Waals surface area contributed by atoms with Gasteiger partial charge >= 0.3 is 0 Å². The lowest BCUT2D eigenvalue weighted by atomic mass is 9.84. The van der Waals surface area contributed by atoms with Crippen LogP contribution in [0.3, 0.4) is 0 Å². The molecule has 2 nitrogen and oxygen atoms in total. The number of fused-ring (bicyclic) bond motifs is 1. The first-order valence-corrected chi connectivity index (χ1v) is 7.50. The first-order chi connectivity index (χ1) is 9.19. The van der Waals surface area contributed by atoms with Crippen molar-refractivity contribution >= 4 is 21.4 Å². The topological polar surface area (TPSA) is 32.3 Å². The van der Waals surface area contributed by atoms with E-state index in [1.165, 1.54) is 0 Å². The summed E-state index contributed by atoms with van der Waals surface area (Å²) in [4.78, 5) is 0. The van der Waals surface area contributed by atoms with Crippen LogP contribution in [0.4, 0.5) is 4.39 Å². The van der Waals surface area contributed by atoms with E-state index in [9.17, 15) is 9.50 Å². The third-order valence-electron chi connectivity index (χ3n) is 4.08. The Morgan fingerprint density at radius 1 is 1.47 bits per heavy atom. The number of aliphatic hydroxyl groups is 1. The highest BCUT2D eigenvalue weighted by molar-refractivity contribution is 7.17. The van der Waals surface area contributed by atoms with Crippen LogP contribution in [-0.2, 0) is 5.60 Å². The van der Waals surface area contributed by atoms with E-state index in [1.54, 1.807) is 18.4 Å². The van der Waals surface area contributed by atoms with Crippen molar-refractivity contribution in [3.63, 3.8) is 0 Å². The van der Waals surface area contributed by atoms with Gasteiger partial charge in [-0.25, -0.2) is 4.39 Å². The maximum Gasteiger partial charge on any atom is 0.133 e. The highest BCUT2D eigenvalue weighted by Crippen LogP contribution is 2.42. The highest BCUT2D eigenvalue weighted by Gasteiger charge is 2.46. The number of halogens is 1. The minimum absolute atomic E-state index is 0.213. The standard InChI is InChI=1S/C15H18FNOS/c1-17-14(11-2-3-11)15(18,9-16)12-5-4-10-6-7-19-13(10)8-12/h4-8,11,14,17-18H,2-3,9H2,1H3. The van der Waals surface area contributed by atoms with Crippen LogP contribution >= 0.6 is 11.3 Å². The Hall–Kier alpha value is -0.970. The van der Waals surface area contributed by atoms with Crippen molar-refractivity contribution in [3.05, 3.63) is 35.2 Å². The molecular weight excluding hydrogens is 261 g/mol. The summed E-state index contributed by atoms with van der Waals surface area (Å²) in [5.74, 6) is 0.379. The quantitative estimate of drug-likeness (QED) is 0.881. The van der Waals surface area contributed by atoms with Crippen molar-refractivity contribution in [2.75, 3.05) is 13.7 Å². The molecule has 2 atom stereocenters. The smallest absolute Gasteiger partial charge is 0.133 e. The molecule has 3 rings (SSSR count). The Morgan fingerprint density at radius 3 is 2.89 bits per heavy atom. The zero-order chi connectivity index (χ0) is 13.5. The van der Waals surface area contributed by atoms with Gasteiger partial charge in [-0.15, -0.1) is 11.3 Å². The van der Waals surface area contributed by atoms with Crippen molar-refractivity contribution in [1.82, 2.24) is 5.32 Å². The fourth-order valence-electron chi connectivity index (χ4n) is 2.86. The van der Waals surface area contributed by atoms with Gasteiger partial charge in [0, 0.05) is 10.7 Å². The van der Waals surface area contributed by atoms with Crippen LogP contribution in [0, 0.1) is 5.92 Å². The summed E-state index contributed by atoms with van der Waals surface area (Å²) in [7, 11) is 1.80. The Kier molecular flexibility index (Phi) is 3.33. The molecule has 4 heteroatoms. The van der Waals surface area contributed by atoms with Gasteiger partial charge in [-0.1, -0.05) is 12.1 Å². The minimum Gasteiger partial charge on any atom is -0.381 e. The van der Waals surface area contributed by atoms with Gasteiger partial charge in [0.05, 0.1) is 0 Å². The monoisotopic (exact) mass is 279 g/mol. The summed E-state index contributed by atoms with van der Waals surface area (Å²) >= 11 is 1.62. The van der Waals surface area contributed by atoms with Crippen LogP contribution < -0.4 is 5.32 Å². The van der Waals surface area contributed by atoms with Crippen LogP contribution in [-0.4, -0.2) is 24.9 Å². The van der Waals surface area contributed by atoms with E-state index in [0.29, 0.717) is 11.5 Å². The van der Waals surface area contributed by atoms with Gasteiger partial charge in [-0.3, -0.25) is 0 Å². The predicted molar refractivity (Wildman–Crippen MR) is 77.3 cm³/mol. The molecule has 0 spiro atoms. The Morgan fingerprint density at radius 2 is 2.26 bits per heavy atom. The second-order valence-corrected chi connectivity index (χ2v) is 6.28. The molecular formula is C15H18FNOS. The average Bonchev–Trinajstić information content (AvgIpc) is 3.15. The Balaban J connectivity index is 2.03. The first kappa shape index (κ1) is 13.0. The second kappa shape index (κ2) is 4.85. The van der Waals surface area contributed by atoms with E-state index in [1.807, 2.05) is 29.6 Å². The number of hydrogen-bond acceptors (Lipinski definition) is 3. The molecule has 0 radical (unpaired) electrons. The molecule has 0 saturated heterocycles. The van der Waals surface area contributed by atoms with Gasteiger partial charge in [0.15, 0.2) is 0 Å². The van der Waals surface area contributed by atoms with Crippen LogP contribution in [0.25, 0.3) is 10.1 Å². The molecule has 1 aromatic heterocycles. The highest BCUT2D eigenvalue weighted by atomic mass is 32.1. The fourth-order valence-corrected chi connectivity index (χ4v) is 3.69. The second-order valence-electron chi connectivity index (χ2n) is 5.33. The number of likely N-dealkylation sites (N-methyl/N-ethyl adjacent to an activating group) is 1. The molecule has 102 valence electrons. The molecule has 1 aromatic carbocycles. The molecule has 1 aliphatic carbocycles. The number of nitrogens with one attached hydrogen (secondary N) is 1. The Bertz CT molecular complexity index is 580. The lowest BCUT2D eigenvalue weighted by molar-refractivity contribution is -0.0296. The fraction of sp³-hybridized carbons (Fsp3) is 0.467. The maximum absolute atomic E-state index is 13.6. The van der Waals surface area contributed by atoms with E-state index >= 15 is 0 Å². The summed E-state index contributed by atoms with van der Waals surface area (Å²) in [6.45, 7) is -0.758. The van der Waals surface area contributed by atoms with E-state index < -0.39 is 12.3 Å². The normalized spacial score (nSPS) is 20.4. The van der Waals surface area contributed by atoms with Gasteiger partial charge in [0.1, 0.15) is 12.3 Å². The first-order valence-electron chi connectivity index (χ1n) is 6.62. The van der Waals surface area contributed by atoms with E-state index in [0.717, 1.165) is 22.9 Å². The SMILES string of the molecule is CNC(C1CC1)C(O)(CF)c1ccc2ccsc2c1. The summed E-state index contributed by atoms with van der Waals surface area (Å²) in [5, 5.41) is 17.1. The molecule has 0 bridgehead atoms. The van der Waals surface area contributed by atoms with Crippen LogP contribution in [0.15, 0.2) is 29.6 Å². The largest absolute Gasteiger partial charge is 0.381 e. The molecule has 19 heavy (non-hydrogen) atoms. The van der Waals surface area contributed by atoms with E-state index in [-0.39, 0.29) is 6.04 Å². The number of thiophene rings is 1. The average molecular weight is 279 g/mol. The van der Waals surface area contributed by atoms with Gasteiger partial charge in [-0.05, 0) is 54.3 Å². The summed E-state index contributed by atoms with van der Waals surface area (Å²) in [6, 6.07) is 7.55. The van der Waals surface area contributed by atoms with E-state index in [2.05, 4.69) is 5.32 Å². The molecule has 2 N–H and O–H groups in total. The van der Waals surface area contributed by atoms with Crippen molar-refractivity contribution < 1.29 is 9.50 Å². The molecule has 1 fully saturated rings.